The molecule has 3 aromatic rings. The highest BCUT2D eigenvalue weighted by atomic mass is 16.5. The second-order valence-electron chi connectivity index (χ2n) is 9.56. The van der Waals surface area contributed by atoms with Crippen LogP contribution in [-0.2, 0) is 16.1 Å². The van der Waals surface area contributed by atoms with E-state index in [0.717, 1.165) is 49.1 Å². The number of likely N-dealkylation sites (N-methyl/N-ethyl adjacent to an activating group) is 1. The highest BCUT2D eigenvalue weighted by molar-refractivity contribution is 6.06. The molecule has 0 saturated carbocycles. The fourth-order valence-corrected chi connectivity index (χ4v) is 4.61. The van der Waals surface area contributed by atoms with Crippen molar-refractivity contribution in [2.24, 2.45) is 0 Å². The van der Waals surface area contributed by atoms with Crippen molar-refractivity contribution >= 4 is 22.8 Å². The zero-order chi connectivity index (χ0) is 24.9. The summed E-state index contributed by atoms with van der Waals surface area (Å²) in [6.45, 7) is 4.85. The molecular weight excluding hydrogens is 442 g/mol. The minimum atomic E-state index is -0.185. The van der Waals surface area contributed by atoms with Gasteiger partial charge in [0.05, 0.1) is 5.56 Å². The number of nitrogens with zero attached hydrogens (tertiary/aromatic N) is 3. The Kier molecular flexibility index (Phi) is 7.83. The Bertz CT molecular complexity index is 1200. The number of rotatable bonds is 8. The minimum absolute atomic E-state index is 0.0309. The van der Waals surface area contributed by atoms with Crippen molar-refractivity contribution in [2.45, 2.75) is 32.2 Å². The Morgan fingerprint density at radius 3 is 2.63 bits per heavy atom. The molecule has 2 amide bonds. The maximum atomic E-state index is 12.8. The van der Waals surface area contributed by atoms with E-state index >= 15 is 0 Å². The maximum absolute atomic E-state index is 12.8. The molecule has 2 aromatic heterocycles. The van der Waals surface area contributed by atoms with Gasteiger partial charge < -0.3 is 24.8 Å². The number of aromatic nitrogens is 2. The van der Waals surface area contributed by atoms with Crippen LogP contribution in [0.4, 0.5) is 0 Å². The molecule has 0 radical (unpaired) electrons. The van der Waals surface area contributed by atoms with Gasteiger partial charge in [-0.15, -0.1) is 0 Å². The summed E-state index contributed by atoms with van der Waals surface area (Å²) < 4.78 is 5.57. The third kappa shape index (κ3) is 5.89. The predicted molar refractivity (Wildman–Crippen MR) is 137 cm³/mol. The number of carbonyl (C=O) groups excluding carboxylic acids is 2. The second-order valence-corrected chi connectivity index (χ2v) is 9.56. The first-order chi connectivity index (χ1) is 16.8. The zero-order valence-electron chi connectivity index (χ0n) is 21.1. The molecule has 1 aromatic carbocycles. The number of aromatic amines is 1. The number of fused-ring (bicyclic) bond motifs is 1. The molecule has 3 heterocycles. The average molecular weight is 478 g/mol. The molecule has 0 atom stereocenters. The third-order valence-electron chi connectivity index (χ3n) is 6.67. The van der Waals surface area contributed by atoms with Crippen molar-refractivity contribution in [3.63, 3.8) is 0 Å². The molecule has 1 aliphatic rings. The lowest BCUT2D eigenvalue weighted by atomic mass is 9.86. The van der Waals surface area contributed by atoms with Crippen LogP contribution in [-0.4, -0.2) is 79.0 Å². The maximum Gasteiger partial charge on any atom is 0.253 e. The Hall–Kier alpha value is -3.23. The lowest BCUT2D eigenvalue weighted by Crippen LogP contribution is -2.35. The van der Waals surface area contributed by atoms with Crippen LogP contribution in [0.2, 0.25) is 0 Å². The van der Waals surface area contributed by atoms with Crippen LogP contribution in [0, 0.1) is 0 Å². The van der Waals surface area contributed by atoms with Gasteiger partial charge >= 0.3 is 0 Å². The highest BCUT2D eigenvalue weighted by Gasteiger charge is 2.20. The molecule has 1 fully saturated rings. The van der Waals surface area contributed by atoms with E-state index in [2.05, 4.69) is 52.5 Å². The summed E-state index contributed by atoms with van der Waals surface area (Å²) in [5.41, 5.74) is 6.00. The van der Waals surface area contributed by atoms with E-state index in [4.69, 9.17) is 4.74 Å². The standard InChI is InChI=1S/C27H35N5O3/c1-18(33)32(4)10-9-28-27(34)25-16-30-26-24(25)14-21(15-29-26)20-5-6-23(19-7-11-35-12-8-19)22(13-20)17-31(2)3/h5-6,13-16,19H,7-12,17H2,1-4H3,(H,28,34)(H,29,30). The molecule has 4 rings (SSSR count). The number of H-pyrrole nitrogens is 1. The zero-order valence-corrected chi connectivity index (χ0v) is 21.1. The first-order valence-electron chi connectivity index (χ1n) is 12.2. The number of benzene rings is 1. The van der Waals surface area contributed by atoms with Crippen molar-refractivity contribution in [2.75, 3.05) is 47.4 Å². The minimum Gasteiger partial charge on any atom is -0.381 e. The third-order valence-corrected chi connectivity index (χ3v) is 6.67. The topological polar surface area (TPSA) is 90.6 Å². The summed E-state index contributed by atoms with van der Waals surface area (Å²) in [6, 6.07) is 8.71. The fourth-order valence-electron chi connectivity index (χ4n) is 4.61. The monoisotopic (exact) mass is 477 g/mol. The van der Waals surface area contributed by atoms with Crippen LogP contribution in [0.15, 0.2) is 36.7 Å². The van der Waals surface area contributed by atoms with E-state index in [-0.39, 0.29) is 11.8 Å². The summed E-state index contributed by atoms with van der Waals surface area (Å²) >= 11 is 0. The van der Waals surface area contributed by atoms with E-state index in [1.54, 1.807) is 18.1 Å². The molecule has 1 saturated heterocycles. The van der Waals surface area contributed by atoms with Crippen LogP contribution in [0.25, 0.3) is 22.2 Å². The predicted octanol–water partition coefficient (Wildman–Crippen LogP) is 3.39. The smallest absolute Gasteiger partial charge is 0.253 e. The summed E-state index contributed by atoms with van der Waals surface area (Å²) in [6.07, 6.45) is 5.65. The summed E-state index contributed by atoms with van der Waals surface area (Å²) in [5, 5.41) is 3.68. The first kappa shape index (κ1) is 24.9. The molecule has 0 unspecified atom stereocenters. The van der Waals surface area contributed by atoms with E-state index < -0.39 is 0 Å². The molecule has 8 nitrogen and oxygen atoms in total. The number of ether oxygens (including phenoxy) is 1. The van der Waals surface area contributed by atoms with Crippen molar-refractivity contribution in [1.82, 2.24) is 25.1 Å². The van der Waals surface area contributed by atoms with Crippen LogP contribution < -0.4 is 5.32 Å². The van der Waals surface area contributed by atoms with Gasteiger partial charge in [0.15, 0.2) is 0 Å². The van der Waals surface area contributed by atoms with Gasteiger partial charge in [-0.3, -0.25) is 9.59 Å². The fraction of sp³-hybridized carbons (Fsp3) is 0.444. The number of hydrogen-bond acceptors (Lipinski definition) is 5. The van der Waals surface area contributed by atoms with Crippen molar-refractivity contribution in [1.29, 1.82) is 0 Å². The van der Waals surface area contributed by atoms with Gasteiger partial charge in [-0.25, -0.2) is 4.98 Å². The largest absolute Gasteiger partial charge is 0.381 e. The van der Waals surface area contributed by atoms with E-state index in [1.807, 2.05) is 12.3 Å². The Labute approximate surface area is 206 Å². The van der Waals surface area contributed by atoms with E-state index in [1.165, 1.54) is 18.1 Å². The van der Waals surface area contributed by atoms with Crippen molar-refractivity contribution in [3.05, 3.63) is 53.3 Å². The van der Waals surface area contributed by atoms with Gasteiger partial charge in [0.1, 0.15) is 5.65 Å². The lowest BCUT2D eigenvalue weighted by Gasteiger charge is -2.26. The number of pyridine rings is 1. The Morgan fingerprint density at radius 2 is 1.91 bits per heavy atom. The normalized spacial score (nSPS) is 14.4. The van der Waals surface area contributed by atoms with Gasteiger partial charge in [-0.2, -0.15) is 0 Å². The molecule has 1 aliphatic heterocycles. The van der Waals surface area contributed by atoms with Crippen LogP contribution in [0.5, 0.6) is 0 Å². The van der Waals surface area contributed by atoms with Gasteiger partial charge in [-0.05, 0) is 61.7 Å². The Morgan fingerprint density at radius 1 is 1.14 bits per heavy atom. The molecule has 0 bridgehead atoms. The summed E-state index contributed by atoms with van der Waals surface area (Å²) in [5.74, 6) is 0.308. The molecule has 8 heteroatoms. The molecular formula is C27H35N5O3. The number of nitrogens with one attached hydrogen (secondary N) is 2. The molecule has 2 N–H and O–H groups in total. The van der Waals surface area contributed by atoms with Gasteiger partial charge in [0, 0.05) is 70.2 Å². The Balaban J connectivity index is 1.59. The van der Waals surface area contributed by atoms with Crippen LogP contribution in [0.1, 0.15) is 47.2 Å². The SMILES string of the molecule is CC(=O)N(C)CCNC(=O)c1c[nH]c2ncc(-c3ccc(C4CCOCC4)c(CN(C)C)c3)cc12. The van der Waals surface area contributed by atoms with Gasteiger partial charge in [0.25, 0.3) is 5.91 Å². The molecule has 0 spiro atoms. The van der Waals surface area contributed by atoms with Gasteiger partial charge in [0.2, 0.25) is 5.91 Å². The summed E-state index contributed by atoms with van der Waals surface area (Å²) in [7, 11) is 5.90. The van der Waals surface area contributed by atoms with Crippen LogP contribution in [0.3, 0.4) is 0 Å². The quantitative estimate of drug-likeness (QED) is 0.519. The first-order valence-corrected chi connectivity index (χ1v) is 12.2. The highest BCUT2D eigenvalue weighted by Crippen LogP contribution is 2.33. The molecule has 35 heavy (non-hydrogen) atoms. The lowest BCUT2D eigenvalue weighted by molar-refractivity contribution is -0.127. The van der Waals surface area contributed by atoms with Crippen molar-refractivity contribution < 1.29 is 14.3 Å². The molecule has 186 valence electrons. The summed E-state index contributed by atoms with van der Waals surface area (Å²) in [4.78, 5) is 35.7. The second kappa shape index (κ2) is 11.0. The van der Waals surface area contributed by atoms with E-state index in [9.17, 15) is 9.59 Å². The van der Waals surface area contributed by atoms with Crippen LogP contribution >= 0.6 is 0 Å². The van der Waals surface area contributed by atoms with E-state index in [0.29, 0.717) is 30.2 Å². The van der Waals surface area contributed by atoms with Gasteiger partial charge in [-0.1, -0.05) is 12.1 Å². The number of hydrogen-bond donors (Lipinski definition) is 2. The number of amides is 2. The number of carbonyl (C=O) groups is 2. The average Bonchev–Trinajstić information content (AvgIpc) is 3.27. The molecule has 0 aliphatic carbocycles. The van der Waals surface area contributed by atoms with Crippen molar-refractivity contribution in [3.8, 4) is 11.1 Å².